The van der Waals surface area contributed by atoms with Crippen LogP contribution in [0, 0.1) is 5.92 Å². The normalized spacial score (nSPS) is 15.0. The van der Waals surface area contributed by atoms with Gasteiger partial charge in [-0.05, 0) is 18.8 Å². The Labute approximate surface area is 128 Å². The molecule has 0 spiro atoms. The molecule has 1 fully saturated rings. The van der Waals surface area contributed by atoms with Crippen molar-refractivity contribution in [2.75, 3.05) is 5.75 Å². The molecule has 1 aromatic carbocycles. The lowest BCUT2D eigenvalue weighted by Crippen LogP contribution is -2.13. The number of carbonyl (C=O) groups is 1. The van der Waals surface area contributed by atoms with Gasteiger partial charge >= 0.3 is 6.18 Å². The molecule has 1 aliphatic carbocycles. The summed E-state index contributed by atoms with van der Waals surface area (Å²) in [6, 6.07) is 7.76. The van der Waals surface area contributed by atoms with Crippen molar-refractivity contribution in [2.45, 2.75) is 24.1 Å². The zero-order valence-electron chi connectivity index (χ0n) is 11.4. The number of hydrogen-bond acceptors (Lipinski definition) is 4. The molecule has 116 valence electrons. The van der Waals surface area contributed by atoms with Crippen LogP contribution in [0.4, 0.5) is 13.2 Å². The Hall–Kier alpha value is -1.76. The lowest BCUT2D eigenvalue weighted by molar-refractivity contribution is -0.141. The van der Waals surface area contributed by atoms with Crippen molar-refractivity contribution in [3.05, 3.63) is 47.2 Å². The second kappa shape index (κ2) is 5.79. The SMILES string of the molecule is O=C(c1ccccc1)c1noc(SCC2CC2)c1C(F)(F)F. The van der Waals surface area contributed by atoms with Gasteiger partial charge in [-0.25, -0.2) is 0 Å². The van der Waals surface area contributed by atoms with Crippen LogP contribution in [0.2, 0.25) is 0 Å². The molecule has 1 aromatic heterocycles. The molecule has 22 heavy (non-hydrogen) atoms. The molecule has 1 saturated carbocycles. The number of nitrogens with zero attached hydrogens (tertiary/aromatic N) is 1. The summed E-state index contributed by atoms with van der Waals surface area (Å²) >= 11 is 0.977. The lowest BCUT2D eigenvalue weighted by Gasteiger charge is -2.07. The van der Waals surface area contributed by atoms with E-state index in [-0.39, 0.29) is 10.7 Å². The molecule has 0 radical (unpaired) electrons. The predicted octanol–water partition coefficient (Wildman–Crippen LogP) is 4.43. The Morgan fingerprint density at radius 1 is 1.27 bits per heavy atom. The molecule has 0 atom stereocenters. The Morgan fingerprint density at radius 3 is 2.55 bits per heavy atom. The van der Waals surface area contributed by atoms with E-state index in [4.69, 9.17) is 4.52 Å². The molecule has 1 aliphatic rings. The number of benzene rings is 1. The minimum atomic E-state index is -4.67. The number of ketones is 1. The topological polar surface area (TPSA) is 43.1 Å². The molecule has 0 aliphatic heterocycles. The van der Waals surface area contributed by atoms with E-state index in [0.717, 1.165) is 24.6 Å². The molecule has 3 rings (SSSR count). The first-order valence-corrected chi connectivity index (χ1v) is 7.75. The zero-order chi connectivity index (χ0) is 15.7. The summed E-state index contributed by atoms with van der Waals surface area (Å²) in [5.74, 6) is 0.205. The largest absolute Gasteiger partial charge is 0.423 e. The Bertz CT molecular complexity index is 678. The molecule has 0 bridgehead atoms. The van der Waals surface area contributed by atoms with Crippen LogP contribution in [0.15, 0.2) is 39.9 Å². The third kappa shape index (κ3) is 3.19. The summed E-state index contributed by atoms with van der Waals surface area (Å²) in [5, 5.41) is 3.07. The van der Waals surface area contributed by atoms with Crippen LogP contribution < -0.4 is 0 Å². The minimum absolute atomic E-state index is 0.153. The predicted molar refractivity (Wildman–Crippen MR) is 74.8 cm³/mol. The monoisotopic (exact) mass is 327 g/mol. The highest BCUT2D eigenvalue weighted by molar-refractivity contribution is 7.99. The van der Waals surface area contributed by atoms with Crippen molar-refractivity contribution in [1.29, 1.82) is 0 Å². The van der Waals surface area contributed by atoms with Crippen LogP contribution >= 0.6 is 11.8 Å². The van der Waals surface area contributed by atoms with Gasteiger partial charge in [-0.1, -0.05) is 47.3 Å². The van der Waals surface area contributed by atoms with Crippen LogP contribution in [-0.4, -0.2) is 16.7 Å². The van der Waals surface area contributed by atoms with Gasteiger partial charge < -0.3 is 4.52 Å². The average molecular weight is 327 g/mol. The third-order valence-corrected chi connectivity index (χ3v) is 4.52. The number of halogens is 3. The highest BCUT2D eigenvalue weighted by atomic mass is 32.2. The van der Waals surface area contributed by atoms with Gasteiger partial charge in [0.15, 0.2) is 5.69 Å². The maximum Gasteiger partial charge on any atom is 0.423 e. The van der Waals surface area contributed by atoms with E-state index in [1.807, 2.05) is 0 Å². The minimum Gasteiger partial charge on any atom is -0.348 e. The second-order valence-electron chi connectivity index (χ2n) is 5.14. The summed E-state index contributed by atoms with van der Waals surface area (Å²) in [6.45, 7) is 0. The van der Waals surface area contributed by atoms with Crippen molar-refractivity contribution in [3.63, 3.8) is 0 Å². The zero-order valence-corrected chi connectivity index (χ0v) is 12.2. The quantitative estimate of drug-likeness (QED) is 0.602. The molecule has 0 saturated heterocycles. The number of rotatable bonds is 5. The summed E-state index contributed by atoms with van der Waals surface area (Å²) in [7, 11) is 0. The van der Waals surface area contributed by atoms with E-state index in [0.29, 0.717) is 11.7 Å². The fourth-order valence-corrected chi connectivity index (χ4v) is 3.15. The van der Waals surface area contributed by atoms with E-state index < -0.39 is 23.2 Å². The second-order valence-corrected chi connectivity index (χ2v) is 6.13. The Morgan fingerprint density at radius 2 is 1.95 bits per heavy atom. The summed E-state index contributed by atoms with van der Waals surface area (Å²) in [4.78, 5) is 12.2. The Kier molecular flexibility index (Phi) is 3.99. The van der Waals surface area contributed by atoms with Gasteiger partial charge in [0.25, 0.3) is 0 Å². The van der Waals surface area contributed by atoms with Crippen molar-refractivity contribution in [3.8, 4) is 0 Å². The van der Waals surface area contributed by atoms with Gasteiger partial charge in [-0.15, -0.1) is 0 Å². The molecular weight excluding hydrogens is 315 g/mol. The van der Waals surface area contributed by atoms with E-state index in [1.54, 1.807) is 18.2 Å². The Balaban J connectivity index is 1.94. The van der Waals surface area contributed by atoms with Gasteiger partial charge in [0, 0.05) is 11.3 Å². The molecule has 1 heterocycles. The van der Waals surface area contributed by atoms with E-state index >= 15 is 0 Å². The number of thioether (sulfide) groups is 1. The summed E-state index contributed by atoms with van der Waals surface area (Å²) in [5.41, 5.74) is -1.58. The lowest BCUT2D eigenvalue weighted by atomic mass is 10.1. The average Bonchev–Trinajstić information content (AvgIpc) is 3.21. The van der Waals surface area contributed by atoms with E-state index in [9.17, 15) is 18.0 Å². The molecule has 0 N–H and O–H groups in total. The third-order valence-electron chi connectivity index (χ3n) is 3.34. The molecule has 3 nitrogen and oxygen atoms in total. The van der Waals surface area contributed by atoms with Crippen molar-refractivity contribution in [2.24, 2.45) is 5.92 Å². The highest BCUT2D eigenvalue weighted by Gasteiger charge is 2.43. The molecule has 0 unspecified atom stereocenters. The summed E-state index contributed by atoms with van der Waals surface area (Å²) in [6.07, 6.45) is -2.62. The van der Waals surface area contributed by atoms with Crippen molar-refractivity contribution < 1.29 is 22.5 Å². The van der Waals surface area contributed by atoms with Gasteiger partial charge in [0.05, 0.1) is 0 Å². The van der Waals surface area contributed by atoms with Gasteiger partial charge in [0.2, 0.25) is 10.9 Å². The van der Waals surface area contributed by atoms with Gasteiger partial charge in [0.1, 0.15) is 5.56 Å². The first-order chi connectivity index (χ1) is 10.5. The van der Waals surface area contributed by atoms with Crippen molar-refractivity contribution in [1.82, 2.24) is 5.16 Å². The number of hydrogen-bond donors (Lipinski definition) is 0. The van der Waals surface area contributed by atoms with E-state index in [1.165, 1.54) is 12.1 Å². The maximum absolute atomic E-state index is 13.3. The fraction of sp³-hybridized carbons (Fsp3) is 0.333. The highest BCUT2D eigenvalue weighted by Crippen LogP contribution is 2.42. The molecule has 7 heteroatoms. The molecule has 2 aromatic rings. The standard InChI is InChI=1S/C15H12F3NO2S/c16-15(17,18)11-12(13(20)10-4-2-1-3-5-10)19-21-14(11)22-8-9-6-7-9/h1-5,9H,6-8H2. The first kappa shape index (κ1) is 15.1. The van der Waals surface area contributed by atoms with Crippen LogP contribution in [0.25, 0.3) is 0 Å². The molecule has 0 amide bonds. The number of aromatic nitrogens is 1. The number of alkyl halides is 3. The fourth-order valence-electron chi connectivity index (χ4n) is 1.98. The van der Waals surface area contributed by atoms with Crippen LogP contribution in [-0.2, 0) is 6.18 Å². The summed E-state index contributed by atoms with van der Waals surface area (Å²) < 4.78 is 44.7. The maximum atomic E-state index is 13.3. The van der Waals surface area contributed by atoms with Crippen LogP contribution in [0.3, 0.4) is 0 Å². The van der Waals surface area contributed by atoms with Crippen LogP contribution in [0.5, 0.6) is 0 Å². The van der Waals surface area contributed by atoms with Crippen molar-refractivity contribution >= 4 is 17.5 Å². The number of carbonyl (C=O) groups excluding carboxylic acids is 1. The van der Waals surface area contributed by atoms with E-state index in [2.05, 4.69) is 5.16 Å². The van der Waals surface area contributed by atoms with Gasteiger partial charge in [-0.2, -0.15) is 13.2 Å². The van der Waals surface area contributed by atoms with Gasteiger partial charge in [-0.3, -0.25) is 4.79 Å². The smallest absolute Gasteiger partial charge is 0.348 e. The van der Waals surface area contributed by atoms with Crippen LogP contribution in [0.1, 0.15) is 34.5 Å². The first-order valence-electron chi connectivity index (χ1n) is 6.76. The molecular formula is C15H12F3NO2S.